The molecular formula is C30H46O3. The van der Waals surface area contributed by atoms with E-state index in [9.17, 15) is 14.7 Å². The fourth-order valence-corrected chi connectivity index (χ4v) is 11.3. The van der Waals surface area contributed by atoms with E-state index in [-0.39, 0.29) is 27.6 Å². The summed E-state index contributed by atoms with van der Waals surface area (Å²) in [5, 5.41) is 10.5. The number of hydrogen-bond acceptors (Lipinski definition) is 2. The maximum absolute atomic E-state index is 12.9. The monoisotopic (exact) mass is 454 g/mol. The van der Waals surface area contributed by atoms with E-state index in [1.165, 1.54) is 18.4 Å². The van der Waals surface area contributed by atoms with Crippen molar-refractivity contribution in [3.05, 3.63) is 12.2 Å². The van der Waals surface area contributed by atoms with E-state index in [0.29, 0.717) is 29.5 Å². The SMILES string of the molecule is C=C(C)[C@@H]1CC[C@]2(C(=O)O)CC[C@]3(C)[C@H](CCC4[C@@]5(C)CCC(=O)C(C)(C)[C@@H]5CC[C@]43C)[C@@H]12. The van der Waals surface area contributed by atoms with Gasteiger partial charge in [0.1, 0.15) is 5.78 Å². The molecule has 0 saturated heterocycles. The highest BCUT2D eigenvalue weighted by Gasteiger charge is 2.72. The van der Waals surface area contributed by atoms with Crippen molar-refractivity contribution < 1.29 is 14.7 Å². The molecule has 5 aliphatic carbocycles. The highest BCUT2D eigenvalue weighted by molar-refractivity contribution is 5.85. The van der Waals surface area contributed by atoms with Crippen LogP contribution in [0.5, 0.6) is 0 Å². The highest BCUT2D eigenvalue weighted by atomic mass is 16.4. The first-order valence-electron chi connectivity index (χ1n) is 13.7. The van der Waals surface area contributed by atoms with Crippen LogP contribution in [0.25, 0.3) is 0 Å². The molecule has 1 N–H and O–H groups in total. The maximum atomic E-state index is 12.9. The summed E-state index contributed by atoms with van der Waals surface area (Å²) in [4.78, 5) is 25.7. The summed E-state index contributed by atoms with van der Waals surface area (Å²) in [6.07, 6.45) is 10.1. The van der Waals surface area contributed by atoms with Gasteiger partial charge >= 0.3 is 5.97 Å². The van der Waals surface area contributed by atoms with Crippen LogP contribution in [0.2, 0.25) is 0 Å². The van der Waals surface area contributed by atoms with Crippen LogP contribution >= 0.6 is 0 Å². The Balaban J connectivity index is 1.57. The van der Waals surface area contributed by atoms with E-state index >= 15 is 0 Å². The Kier molecular flexibility index (Phi) is 4.99. The van der Waals surface area contributed by atoms with Crippen LogP contribution in [0.1, 0.15) is 106 Å². The zero-order chi connectivity index (χ0) is 24.2. The molecule has 184 valence electrons. The molecule has 0 spiro atoms. The summed E-state index contributed by atoms with van der Waals surface area (Å²) >= 11 is 0. The number of allylic oxidation sites excluding steroid dienone is 1. The molecule has 0 amide bonds. The molecule has 0 aromatic heterocycles. The van der Waals surface area contributed by atoms with Crippen molar-refractivity contribution in [1.82, 2.24) is 0 Å². The number of carbonyl (C=O) groups is 2. The molecule has 33 heavy (non-hydrogen) atoms. The zero-order valence-corrected chi connectivity index (χ0v) is 21.9. The van der Waals surface area contributed by atoms with Gasteiger partial charge in [-0.3, -0.25) is 9.59 Å². The molecule has 5 aliphatic rings. The first-order valence-corrected chi connectivity index (χ1v) is 13.7. The summed E-state index contributed by atoms with van der Waals surface area (Å²) in [7, 11) is 0. The minimum atomic E-state index is -0.547. The molecule has 9 atom stereocenters. The lowest BCUT2D eigenvalue weighted by Gasteiger charge is -2.72. The second-order valence-corrected chi connectivity index (χ2v) is 14.3. The van der Waals surface area contributed by atoms with Gasteiger partial charge in [-0.2, -0.15) is 0 Å². The number of aliphatic carboxylic acids is 1. The number of Topliss-reactive ketones (excluding diaryl/α,β-unsaturated/α-hetero) is 1. The Morgan fingerprint density at radius 1 is 0.879 bits per heavy atom. The number of hydrogen-bond donors (Lipinski definition) is 1. The molecule has 3 nitrogen and oxygen atoms in total. The largest absolute Gasteiger partial charge is 0.481 e. The summed E-state index contributed by atoms with van der Waals surface area (Å²) in [6.45, 7) is 18.5. The van der Waals surface area contributed by atoms with Crippen molar-refractivity contribution in [3.63, 3.8) is 0 Å². The smallest absolute Gasteiger partial charge is 0.309 e. The third-order valence-corrected chi connectivity index (χ3v) is 13.2. The Labute approximate surface area is 201 Å². The quantitative estimate of drug-likeness (QED) is 0.445. The van der Waals surface area contributed by atoms with Gasteiger partial charge in [0, 0.05) is 11.8 Å². The van der Waals surface area contributed by atoms with Gasteiger partial charge in [-0.15, -0.1) is 0 Å². The minimum Gasteiger partial charge on any atom is -0.481 e. The molecule has 0 heterocycles. The topological polar surface area (TPSA) is 54.4 Å². The average molecular weight is 455 g/mol. The fourth-order valence-electron chi connectivity index (χ4n) is 11.3. The van der Waals surface area contributed by atoms with Crippen molar-refractivity contribution in [1.29, 1.82) is 0 Å². The van der Waals surface area contributed by atoms with Gasteiger partial charge in [0.25, 0.3) is 0 Å². The van der Waals surface area contributed by atoms with Gasteiger partial charge in [-0.1, -0.05) is 46.8 Å². The lowest BCUT2D eigenvalue weighted by Crippen LogP contribution is -2.66. The van der Waals surface area contributed by atoms with Gasteiger partial charge in [0.15, 0.2) is 0 Å². The van der Waals surface area contributed by atoms with Gasteiger partial charge in [-0.05, 0) is 111 Å². The first kappa shape index (κ1) is 23.6. The minimum absolute atomic E-state index is 0.164. The lowest BCUT2D eigenvalue weighted by molar-refractivity contribution is -0.235. The van der Waals surface area contributed by atoms with E-state index in [4.69, 9.17) is 0 Å². The second kappa shape index (κ2) is 6.97. The van der Waals surface area contributed by atoms with Crippen LogP contribution in [0.4, 0.5) is 0 Å². The molecule has 3 heteroatoms. The van der Waals surface area contributed by atoms with Crippen LogP contribution in [0, 0.1) is 56.7 Å². The normalized spacial score (nSPS) is 52.8. The first-order chi connectivity index (χ1) is 15.3. The number of carboxylic acid groups (broad SMARTS) is 1. The van der Waals surface area contributed by atoms with Crippen LogP contribution < -0.4 is 0 Å². The average Bonchev–Trinajstić information content (AvgIpc) is 3.13. The third-order valence-electron chi connectivity index (χ3n) is 13.2. The van der Waals surface area contributed by atoms with Crippen LogP contribution in [-0.2, 0) is 9.59 Å². The van der Waals surface area contributed by atoms with Crippen molar-refractivity contribution in [2.45, 2.75) is 106 Å². The number of rotatable bonds is 2. The zero-order valence-electron chi connectivity index (χ0n) is 21.9. The number of carbonyl (C=O) groups excluding carboxylic acids is 1. The Hall–Kier alpha value is -1.12. The van der Waals surface area contributed by atoms with Crippen LogP contribution in [0.3, 0.4) is 0 Å². The van der Waals surface area contributed by atoms with E-state index in [0.717, 1.165) is 51.4 Å². The molecule has 5 rings (SSSR count). The number of fused-ring (bicyclic) bond motifs is 7. The standard InChI is InChI=1S/C30H46O3/c1-18(2)19-10-15-30(25(32)33)17-16-28(6)20(24(19)30)8-9-22-27(5)13-12-23(31)26(3,4)21(27)11-14-29(22,28)7/h19-22,24H,1,8-17H2,2-7H3,(H,32,33)/t19-,20+,21-,22?,24+,27-,28+,29+,30-/m0/s1. The summed E-state index contributed by atoms with van der Waals surface area (Å²) < 4.78 is 0. The van der Waals surface area contributed by atoms with Gasteiger partial charge in [0.05, 0.1) is 5.41 Å². The van der Waals surface area contributed by atoms with Gasteiger partial charge in [0.2, 0.25) is 0 Å². The second-order valence-electron chi connectivity index (χ2n) is 14.3. The third kappa shape index (κ3) is 2.69. The molecule has 0 radical (unpaired) electrons. The molecular weight excluding hydrogens is 408 g/mol. The molecule has 0 aromatic carbocycles. The Bertz CT molecular complexity index is 902. The van der Waals surface area contributed by atoms with E-state index in [2.05, 4.69) is 48.1 Å². The maximum Gasteiger partial charge on any atom is 0.309 e. The Morgan fingerprint density at radius 3 is 2.21 bits per heavy atom. The van der Waals surface area contributed by atoms with Crippen molar-refractivity contribution in [3.8, 4) is 0 Å². The predicted molar refractivity (Wildman–Crippen MR) is 132 cm³/mol. The van der Waals surface area contributed by atoms with Crippen LogP contribution in [0.15, 0.2) is 12.2 Å². The van der Waals surface area contributed by atoms with E-state index in [1.54, 1.807) is 0 Å². The fraction of sp³-hybridized carbons (Fsp3) is 0.867. The molecule has 0 aliphatic heterocycles. The summed E-state index contributed by atoms with van der Waals surface area (Å²) in [6, 6.07) is 0. The van der Waals surface area contributed by atoms with Gasteiger partial charge in [-0.25, -0.2) is 0 Å². The number of carboxylic acids is 1. The summed E-state index contributed by atoms with van der Waals surface area (Å²) in [5.41, 5.74) is 1.03. The molecule has 5 fully saturated rings. The van der Waals surface area contributed by atoms with E-state index in [1.807, 2.05) is 0 Å². The highest BCUT2D eigenvalue weighted by Crippen LogP contribution is 2.77. The van der Waals surface area contributed by atoms with Crippen molar-refractivity contribution in [2.24, 2.45) is 56.7 Å². The lowest BCUT2D eigenvalue weighted by atomic mass is 9.32. The molecule has 5 saturated carbocycles. The van der Waals surface area contributed by atoms with Crippen LogP contribution in [-0.4, -0.2) is 16.9 Å². The molecule has 0 aromatic rings. The van der Waals surface area contributed by atoms with Gasteiger partial charge < -0.3 is 5.11 Å². The molecule has 0 bridgehead atoms. The van der Waals surface area contributed by atoms with Crippen molar-refractivity contribution in [2.75, 3.05) is 0 Å². The Morgan fingerprint density at radius 2 is 1.58 bits per heavy atom. The summed E-state index contributed by atoms with van der Waals surface area (Å²) in [5.74, 6) is 2.07. The van der Waals surface area contributed by atoms with E-state index < -0.39 is 11.4 Å². The predicted octanol–water partition coefficient (Wildman–Crippen LogP) is 7.30. The molecule has 1 unspecified atom stereocenters. The van der Waals surface area contributed by atoms with Crippen molar-refractivity contribution >= 4 is 11.8 Å². The number of ketones is 1.